The predicted octanol–water partition coefficient (Wildman–Crippen LogP) is 3.85. The minimum atomic E-state index is -0.705. The first-order valence-electron chi connectivity index (χ1n) is 8.80. The fourth-order valence-corrected chi connectivity index (χ4v) is 3.31. The van der Waals surface area contributed by atoms with Crippen LogP contribution in [0, 0.1) is 5.82 Å². The van der Waals surface area contributed by atoms with Gasteiger partial charge in [0.1, 0.15) is 11.7 Å². The summed E-state index contributed by atoms with van der Waals surface area (Å²) in [5, 5.41) is 6.03. The summed E-state index contributed by atoms with van der Waals surface area (Å²) in [5.74, 6) is -1.36. The van der Waals surface area contributed by atoms with Crippen LogP contribution in [-0.4, -0.2) is 31.4 Å². The molecule has 2 atom stereocenters. The molecule has 1 saturated heterocycles. The van der Waals surface area contributed by atoms with Gasteiger partial charge in [-0.15, -0.1) is 0 Å². The lowest BCUT2D eigenvalue weighted by Crippen LogP contribution is -2.18. The quantitative estimate of drug-likeness (QED) is 0.803. The van der Waals surface area contributed by atoms with E-state index in [9.17, 15) is 9.18 Å². The molecule has 0 aliphatic carbocycles. The van der Waals surface area contributed by atoms with Gasteiger partial charge in [-0.3, -0.25) is 9.79 Å². The third-order valence-corrected chi connectivity index (χ3v) is 4.70. The molecule has 2 N–H and O–H groups in total. The summed E-state index contributed by atoms with van der Waals surface area (Å²) >= 11 is 0. The van der Waals surface area contributed by atoms with Crippen molar-refractivity contribution in [2.75, 3.05) is 23.8 Å². The number of carbonyl (C=O) groups excluding carboxylic acids is 1. The van der Waals surface area contributed by atoms with Crippen molar-refractivity contribution in [1.29, 1.82) is 0 Å². The van der Waals surface area contributed by atoms with E-state index in [4.69, 9.17) is 4.74 Å². The molecule has 5 nitrogen and oxygen atoms in total. The summed E-state index contributed by atoms with van der Waals surface area (Å²) in [6, 6.07) is 12.2. The third kappa shape index (κ3) is 3.46. The van der Waals surface area contributed by atoms with Crippen molar-refractivity contribution >= 4 is 29.2 Å². The first-order valence-corrected chi connectivity index (χ1v) is 8.80. The number of nitrogens with one attached hydrogen (secondary N) is 2. The number of rotatable bonds is 5. The Balaban J connectivity index is 1.42. The average molecular weight is 353 g/mol. The van der Waals surface area contributed by atoms with Gasteiger partial charge in [0.2, 0.25) is 5.91 Å². The van der Waals surface area contributed by atoms with E-state index in [1.54, 1.807) is 12.1 Å². The molecule has 26 heavy (non-hydrogen) atoms. The Hall–Kier alpha value is -2.73. The molecule has 2 heterocycles. The zero-order valence-corrected chi connectivity index (χ0v) is 14.2. The Morgan fingerprint density at radius 1 is 1.27 bits per heavy atom. The summed E-state index contributed by atoms with van der Waals surface area (Å²) in [7, 11) is 0. The number of carbonyl (C=O) groups is 1. The Morgan fingerprint density at radius 3 is 2.88 bits per heavy atom. The molecule has 2 unspecified atom stereocenters. The number of nitrogens with zero attached hydrogens (tertiary/aromatic N) is 1. The minimum Gasteiger partial charge on any atom is -0.382 e. The van der Waals surface area contributed by atoms with Crippen LogP contribution < -0.4 is 10.6 Å². The summed E-state index contributed by atoms with van der Waals surface area (Å²) in [6.07, 6.45) is 4.00. The highest BCUT2D eigenvalue weighted by atomic mass is 19.1. The van der Waals surface area contributed by atoms with E-state index in [1.807, 2.05) is 24.3 Å². The topological polar surface area (TPSA) is 62.7 Å². The molecule has 134 valence electrons. The average Bonchev–Trinajstić information content (AvgIpc) is 3.27. The molecule has 6 heteroatoms. The van der Waals surface area contributed by atoms with E-state index in [1.165, 1.54) is 12.3 Å². The van der Waals surface area contributed by atoms with Gasteiger partial charge in [-0.2, -0.15) is 0 Å². The van der Waals surface area contributed by atoms with E-state index in [-0.39, 0.29) is 12.0 Å². The van der Waals surface area contributed by atoms with Gasteiger partial charge in [-0.05, 0) is 49.2 Å². The van der Waals surface area contributed by atoms with Crippen molar-refractivity contribution in [3.8, 4) is 0 Å². The number of benzene rings is 2. The molecule has 0 radical (unpaired) electrons. The highest BCUT2D eigenvalue weighted by Crippen LogP contribution is 2.33. The number of fused-ring (bicyclic) bond motifs is 1. The molecule has 0 aromatic heterocycles. The van der Waals surface area contributed by atoms with Crippen LogP contribution in [-0.2, 0) is 9.53 Å². The number of anilines is 2. The van der Waals surface area contributed by atoms with Crippen LogP contribution in [0.3, 0.4) is 0 Å². The lowest BCUT2D eigenvalue weighted by atomic mass is 10.0. The summed E-state index contributed by atoms with van der Waals surface area (Å²) in [4.78, 5) is 16.4. The predicted molar refractivity (Wildman–Crippen MR) is 99.8 cm³/mol. The van der Waals surface area contributed by atoms with Crippen molar-refractivity contribution in [1.82, 2.24) is 0 Å². The van der Waals surface area contributed by atoms with Crippen molar-refractivity contribution in [3.63, 3.8) is 0 Å². The Bertz CT molecular complexity index is 829. The summed E-state index contributed by atoms with van der Waals surface area (Å²) in [5.41, 5.74) is 2.58. The number of aliphatic imine (C=N–C) groups is 1. The molecule has 0 bridgehead atoms. The second kappa shape index (κ2) is 7.25. The maximum absolute atomic E-state index is 14.0. The van der Waals surface area contributed by atoms with Crippen LogP contribution in [0.5, 0.6) is 0 Å². The Labute approximate surface area is 151 Å². The van der Waals surface area contributed by atoms with Crippen LogP contribution >= 0.6 is 0 Å². The van der Waals surface area contributed by atoms with E-state index in [2.05, 4.69) is 15.6 Å². The van der Waals surface area contributed by atoms with Crippen LogP contribution in [0.15, 0.2) is 47.5 Å². The number of halogens is 1. The second-order valence-electron chi connectivity index (χ2n) is 6.51. The Kier molecular flexibility index (Phi) is 4.67. The van der Waals surface area contributed by atoms with Crippen LogP contribution in [0.2, 0.25) is 0 Å². The first kappa shape index (κ1) is 16.7. The molecule has 0 spiro atoms. The van der Waals surface area contributed by atoms with Crippen molar-refractivity contribution in [3.05, 3.63) is 53.8 Å². The van der Waals surface area contributed by atoms with E-state index < -0.39 is 11.7 Å². The molecule has 2 aromatic rings. The van der Waals surface area contributed by atoms with Gasteiger partial charge in [0.25, 0.3) is 0 Å². The van der Waals surface area contributed by atoms with Gasteiger partial charge in [0, 0.05) is 36.3 Å². The standard InChI is InChI=1S/C20H20FN3O2/c21-17-4-1-5-18-19(17)16(20(25)24-18)12-23-14-8-6-13(7-9-14)22-11-15-3-2-10-26-15/h1,4-9,12,15-16,22H,2-3,10-11H2,(H,24,25). The van der Waals surface area contributed by atoms with Gasteiger partial charge in [-0.1, -0.05) is 6.07 Å². The number of ether oxygens (including phenoxy) is 1. The number of hydrogen-bond acceptors (Lipinski definition) is 4. The van der Waals surface area contributed by atoms with Crippen molar-refractivity contribution in [2.24, 2.45) is 4.99 Å². The molecule has 2 aliphatic rings. The number of hydrogen-bond donors (Lipinski definition) is 2. The molecule has 0 saturated carbocycles. The zero-order chi connectivity index (χ0) is 17.9. The molecule has 2 aliphatic heterocycles. The van der Waals surface area contributed by atoms with E-state index >= 15 is 0 Å². The maximum Gasteiger partial charge on any atom is 0.237 e. The Morgan fingerprint density at radius 2 is 2.12 bits per heavy atom. The molecular formula is C20H20FN3O2. The summed E-state index contributed by atoms with van der Waals surface area (Å²) in [6.45, 7) is 1.64. The summed E-state index contributed by atoms with van der Waals surface area (Å²) < 4.78 is 19.6. The molecule has 2 aromatic carbocycles. The van der Waals surface area contributed by atoms with Crippen LogP contribution in [0.25, 0.3) is 0 Å². The second-order valence-corrected chi connectivity index (χ2v) is 6.51. The molecule has 1 fully saturated rings. The molecular weight excluding hydrogens is 333 g/mol. The smallest absolute Gasteiger partial charge is 0.237 e. The number of amides is 1. The van der Waals surface area contributed by atoms with Gasteiger partial charge < -0.3 is 15.4 Å². The largest absolute Gasteiger partial charge is 0.382 e. The normalized spacial score (nSPS) is 21.8. The third-order valence-electron chi connectivity index (χ3n) is 4.70. The fraction of sp³-hybridized carbons (Fsp3) is 0.300. The highest BCUT2D eigenvalue weighted by Gasteiger charge is 2.31. The van der Waals surface area contributed by atoms with Crippen LogP contribution in [0.4, 0.5) is 21.5 Å². The fourth-order valence-electron chi connectivity index (χ4n) is 3.31. The van der Waals surface area contributed by atoms with E-state index in [0.29, 0.717) is 16.9 Å². The lowest BCUT2D eigenvalue weighted by Gasteiger charge is -2.11. The molecule has 1 amide bonds. The lowest BCUT2D eigenvalue weighted by molar-refractivity contribution is -0.115. The van der Waals surface area contributed by atoms with Gasteiger partial charge in [0.15, 0.2) is 0 Å². The zero-order valence-electron chi connectivity index (χ0n) is 14.2. The van der Waals surface area contributed by atoms with Gasteiger partial charge >= 0.3 is 0 Å². The monoisotopic (exact) mass is 353 g/mol. The van der Waals surface area contributed by atoms with Gasteiger partial charge in [0.05, 0.1) is 11.8 Å². The van der Waals surface area contributed by atoms with Crippen molar-refractivity contribution < 1.29 is 13.9 Å². The molecule has 4 rings (SSSR count). The maximum atomic E-state index is 14.0. The van der Waals surface area contributed by atoms with E-state index in [0.717, 1.165) is 31.7 Å². The van der Waals surface area contributed by atoms with Crippen LogP contribution in [0.1, 0.15) is 24.3 Å². The highest BCUT2D eigenvalue weighted by molar-refractivity contribution is 6.12. The minimum absolute atomic E-state index is 0.260. The SMILES string of the molecule is O=C1Nc2cccc(F)c2C1C=Nc1ccc(NCC2CCCO2)cc1. The first-order chi connectivity index (χ1) is 12.7. The van der Waals surface area contributed by atoms with Crippen molar-refractivity contribution in [2.45, 2.75) is 24.9 Å². The van der Waals surface area contributed by atoms with Gasteiger partial charge in [-0.25, -0.2) is 4.39 Å².